The van der Waals surface area contributed by atoms with Gasteiger partial charge in [0.1, 0.15) is 0 Å². The minimum Gasteiger partial charge on any atom is -0.388 e. The largest absolute Gasteiger partial charge is 0.388 e. The normalized spacial score (nSPS) is 10.9. The fourth-order valence-electron chi connectivity index (χ4n) is 2.31. The van der Waals surface area contributed by atoms with Crippen molar-refractivity contribution >= 4 is 5.69 Å². The number of hydrogen-bond acceptors (Lipinski definition) is 4. The second-order valence-electron chi connectivity index (χ2n) is 7.75. The molecule has 2 atom stereocenters. The van der Waals surface area contributed by atoms with Crippen LogP contribution in [0.2, 0.25) is 0 Å². The van der Waals surface area contributed by atoms with E-state index in [9.17, 15) is 0 Å². The van der Waals surface area contributed by atoms with Crippen LogP contribution in [-0.4, -0.2) is 25.7 Å². The fourth-order valence-corrected chi connectivity index (χ4v) is 2.31. The minimum atomic E-state index is 0. The summed E-state index contributed by atoms with van der Waals surface area (Å²) in [5.74, 6) is 1.79. The average molecular weight is 449 g/mol. The van der Waals surface area contributed by atoms with Crippen LogP contribution in [0.3, 0.4) is 0 Å². The zero-order valence-corrected chi connectivity index (χ0v) is 21.7. The summed E-state index contributed by atoms with van der Waals surface area (Å²) >= 11 is 0. The predicted molar refractivity (Wildman–Crippen MR) is 151 cm³/mol. The molecular formula is C28H56N4. The molecule has 0 aliphatic carbocycles. The zero-order chi connectivity index (χ0) is 24.7. The van der Waals surface area contributed by atoms with Crippen LogP contribution < -0.4 is 21.7 Å². The summed E-state index contributed by atoms with van der Waals surface area (Å²) < 4.78 is 0. The number of allylic oxidation sites excluding steroid dienone is 1. The molecule has 0 spiro atoms. The van der Waals surface area contributed by atoms with Crippen molar-refractivity contribution in [2.24, 2.45) is 17.6 Å². The molecule has 2 unspecified atom stereocenters. The van der Waals surface area contributed by atoms with Crippen molar-refractivity contribution in [3.63, 3.8) is 0 Å². The van der Waals surface area contributed by atoms with Crippen molar-refractivity contribution < 1.29 is 0 Å². The van der Waals surface area contributed by atoms with Gasteiger partial charge in [-0.15, -0.1) is 13.2 Å². The maximum absolute atomic E-state index is 5.32. The van der Waals surface area contributed by atoms with Crippen molar-refractivity contribution in [1.29, 1.82) is 0 Å². The molecule has 0 bridgehead atoms. The Morgan fingerprint density at radius 3 is 1.81 bits per heavy atom. The molecule has 0 heterocycles. The molecule has 4 heteroatoms. The fraction of sp³-hybridized carbons (Fsp3) is 0.571. The quantitative estimate of drug-likeness (QED) is 0.214. The van der Waals surface area contributed by atoms with Gasteiger partial charge in [0.25, 0.3) is 0 Å². The monoisotopic (exact) mass is 448 g/mol. The van der Waals surface area contributed by atoms with E-state index in [4.69, 9.17) is 5.73 Å². The molecule has 4 nitrogen and oxygen atoms in total. The number of hydrogen-bond donors (Lipinski definition) is 4. The van der Waals surface area contributed by atoms with Crippen molar-refractivity contribution in [1.82, 2.24) is 10.6 Å². The standard InChI is InChI=1S/C9H18N2.C9H19N.C7H9N.C2H6.CH4/c1-4-8(2)6-5-7-11-9(3)10;1-6-9(7(2)3)10-8(4)5;1-8-7-5-3-2-4-6-7;1-2;/h4,8,11H,1,3,5-7,10H2,2H3;6-10H,1H2,2-5H3;2-6,8H,1H3;1-2H3;1H4. The molecule has 0 aliphatic rings. The first-order valence-electron chi connectivity index (χ1n) is 11.6. The highest BCUT2D eigenvalue weighted by Crippen LogP contribution is 2.04. The van der Waals surface area contributed by atoms with E-state index < -0.39 is 0 Å². The molecule has 188 valence electrons. The lowest BCUT2D eigenvalue weighted by molar-refractivity contribution is 0.429. The summed E-state index contributed by atoms with van der Waals surface area (Å²) in [6, 6.07) is 11.1. The van der Waals surface area contributed by atoms with Gasteiger partial charge < -0.3 is 21.7 Å². The van der Waals surface area contributed by atoms with E-state index in [0.29, 0.717) is 29.7 Å². The molecule has 0 fully saturated rings. The van der Waals surface area contributed by atoms with Crippen LogP contribution in [0.4, 0.5) is 5.69 Å². The molecule has 1 aromatic rings. The Morgan fingerprint density at radius 2 is 1.53 bits per heavy atom. The molecule has 0 saturated heterocycles. The van der Waals surface area contributed by atoms with Crippen LogP contribution in [0.1, 0.15) is 68.7 Å². The van der Waals surface area contributed by atoms with E-state index in [-0.39, 0.29) is 7.43 Å². The first-order valence-corrected chi connectivity index (χ1v) is 11.6. The topological polar surface area (TPSA) is 62.1 Å². The molecule has 0 aliphatic heterocycles. The molecule has 0 amide bonds. The Labute approximate surface area is 201 Å². The number of nitrogens with one attached hydrogen (secondary N) is 3. The number of anilines is 1. The maximum Gasteiger partial charge on any atom is 0.0885 e. The van der Waals surface area contributed by atoms with Gasteiger partial charge in [-0.3, -0.25) is 0 Å². The number of para-hydroxylation sites is 1. The molecule has 32 heavy (non-hydrogen) atoms. The second kappa shape index (κ2) is 26.8. The highest BCUT2D eigenvalue weighted by atomic mass is 15.0. The SMILES string of the molecule is C.C=CC(C)CCCNC(=C)N.C=CC(NC(C)C)C(C)C.CC.CNc1ccccc1. The first-order chi connectivity index (χ1) is 14.7. The lowest BCUT2D eigenvalue weighted by Gasteiger charge is -2.20. The minimum absolute atomic E-state index is 0. The third kappa shape index (κ3) is 27.8. The summed E-state index contributed by atoms with van der Waals surface area (Å²) in [5.41, 5.74) is 6.48. The van der Waals surface area contributed by atoms with Crippen LogP contribution >= 0.6 is 0 Å². The van der Waals surface area contributed by atoms with Crippen LogP contribution in [0.25, 0.3) is 0 Å². The average Bonchev–Trinajstić information content (AvgIpc) is 2.77. The van der Waals surface area contributed by atoms with E-state index >= 15 is 0 Å². The first kappa shape index (κ1) is 37.1. The summed E-state index contributed by atoms with van der Waals surface area (Å²) in [6.45, 7) is 26.8. The third-order valence-corrected chi connectivity index (χ3v) is 4.15. The van der Waals surface area contributed by atoms with Gasteiger partial charge in [0.05, 0.1) is 5.82 Å². The number of nitrogens with two attached hydrogens (primary N) is 1. The Morgan fingerprint density at radius 1 is 1.00 bits per heavy atom. The van der Waals surface area contributed by atoms with Gasteiger partial charge in [0.2, 0.25) is 0 Å². The molecule has 1 rings (SSSR count). The zero-order valence-electron chi connectivity index (χ0n) is 21.7. The van der Waals surface area contributed by atoms with Gasteiger partial charge in [-0.25, -0.2) is 0 Å². The van der Waals surface area contributed by atoms with Gasteiger partial charge in [0, 0.05) is 31.4 Å². The van der Waals surface area contributed by atoms with E-state index in [0.717, 1.165) is 25.1 Å². The van der Waals surface area contributed by atoms with E-state index in [1.807, 2.05) is 63.4 Å². The summed E-state index contributed by atoms with van der Waals surface area (Å²) in [5, 5.41) is 9.41. The molecule has 0 saturated carbocycles. The predicted octanol–water partition coefficient (Wildman–Crippen LogP) is 7.19. The summed E-state index contributed by atoms with van der Waals surface area (Å²) in [4.78, 5) is 0. The maximum atomic E-state index is 5.32. The highest BCUT2D eigenvalue weighted by Gasteiger charge is 2.08. The van der Waals surface area contributed by atoms with Gasteiger partial charge >= 0.3 is 0 Å². The van der Waals surface area contributed by atoms with E-state index in [1.165, 1.54) is 0 Å². The Kier molecular flexibility index (Phi) is 31.1. The summed E-state index contributed by atoms with van der Waals surface area (Å²) in [6.07, 6.45) is 6.22. The Bertz CT molecular complexity index is 523. The van der Waals surface area contributed by atoms with Crippen molar-refractivity contribution in [2.45, 2.75) is 80.8 Å². The smallest absolute Gasteiger partial charge is 0.0885 e. The molecular weight excluding hydrogens is 392 g/mol. The lowest BCUT2D eigenvalue weighted by atomic mass is 10.0. The van der Waals surface area contributed by atoms with Crippen molar-refractivity contribution in [3.05, 3.63) is 68.0 Å². The molecule has 0 aromatic heterocycles. The van der Waals surface area contributed by atoms with Crippen LogP contribution in [-0.2, 0) is 0 Å². The van der Waals surface area contributed by atoms with Crippen LogP contribution in [0.5, 0.6) is 0 Å². The molecule has 1 aromatic carbocycles. The van der Waals surface area contributed by atoms with Crippen LogP contribution in [0, 0.1) is 11.8 Å². The number of benzene rings is 1. The van der Waals surface area contributed by atoms with Gasteiger partial charge in [-0.05, 0) is 36.8 Å². The van der Waals surface area contributed by atoms with Gasteiger partial charge in [-0.1, -0.05) is 92.8 Å². The molecule has 0 radical (unpaired) electrons. The Balaban J connectivity index is -0.000000175. The van der Waals surface area contributed by atoms with Crippen LogP contribution in [0.15, 0.2) is 68.0 Å². The highest BCUT2D eigenvalue weighted by molar-refractivity contribution is 5.41. The second-order valence-corrected chi connectivity index (χ2v) is 7.75. The lowest BCUT2D eigenvalue weighted by Crippen LogP contribution is -2.36. The van der Waals surface area contributed by atoms with Crippen molar-refractivity contribution in [3.8, 4) is 0 Å². The van der Waals surface area contributed by atoms with Crippen molar-refractivity contribution in [2.75, 3.05) is 18.9 Å². The third-order valence-electron chi connectivity index (χ3n) is 4.15. The number of rotatable bonds is 11. The molecule has 5 N–H and O–H groups in total. The van der Waals surface area contributed by atoms with E-state index in [1.54, 1.807) is 0 Å². The Hall–Kier alpha value is -2.20. The summed E-state index contributed by atoms with van der Waals surface area (Å²) in [7, 11) is 1.91. The van der Waals surface area contributed by atoms with Gasteiger partial charge in [-0.2, -0.15) is 0 Å². The van der Waals surface area contributed by atoms with Gasteiger partial charge in [0.15, 0.2) is 0 Å². The van der Waals surface area contributed by atoms with E-state index in [2.05, 4.69) is 70.3 Å².